The van der Waals surface area contributed by atoms with Crippen molar-refractivity contribution < 1.29 is 19.1 Å². The van der Waals surface area contributed by atoms with E-state index in [2.05, 4.69) is 0 Å². The number of ether oxygens (including phenoxy) is 2. The largest absolute Gasteiger partial charge is 0.465 e. The Balaban J connectivity index is 2.29. The van der Waals surface area contributed by atoms with Gasteiger partial charge in [-0.25, -0.2) is 0 Å². The van der Waals surface area contributed by atoms with Gasteiger partial charge in [-0.1, -0.05) is 31.5 Å². The van der Waals surface area contributed by atoms with Crippen molar-refractivity contribution in [3.63, 3.8) is 0 Å². The fourth-order valence-corrected chi connectivity index (χ4v) is 1.81. The van der Waals surface area contributed by atoms with E-state index in [1.54, 1.807) is 6.07 Å². The minimum atomic E-state index is -0.411. The van der Waals surface area contributed by atoms with E-state index >= 15 is 0 Å². The molecular weight excluding hydrogens is 292 g/mol. The van der Waals surface area contributed by atoms with Crippen LogP contribution in [0.3, 0.4) is 0 Å². The second-order valence-corrected chi connectivity index (χ2v) is 5.74. The monoisotopic (exact) mass is 312 g/mol. The molecule has 0 aliphatic carbocycles. The van der Waals surface area contributed by atoms with Crippen LogP contribution in [0.1, 0.15) is 37.8 Å². The number of carbonyl (C=O) groups excluding carboxylic acids is 2. The van der Waals surface area contributed by atoms with Crippen LogP contribution in [0.5, 0.6) is 0 Å². The summed E-state index contributed by atoms with van der Waals surface area (Å²) in [7, 11) is 0. The highest BCUT2D eigenvalue weighted by molar-refractivity contribution is 6.30. The van der Waals surface area contributed by atoms with E-state index in [4.69, 9.17) is 21.1 Å². The molecule has 0 aliphatic heterocycles. The van der Waals surface area contributed by atoms with Crippen molar-refractivity contribution >= 4 is 23.5 Å². The lowest BCUT2D eigenvalue weighted by Crippen LogP contribution is -2.13. The molecular formula is C16H21ClO4. The van der Waals surface area contributed by atoms with Gasteiger partial charge in [0.05, 0.1) is 19.4 Å². The van der Waals surface area contributed by atoms with E-state index in [1.807, 2.05) is 32.9 Å². The van der Waals surface area contributed by atoms with E-state index in [0.29, 0.717) is 11.6 Å². The van der Waals surface area contributed by atoms with Crippen molar-refractivity contribution in [2.24, 2.45) is 5.92 Å². The number of aryl methyl sites for hydroxylation is 1. The quantitative estimate of drug-likeness (QED) is 0.721. The van der Waals surface area contributed by atoms with Gasteiger partial charge in [0, 0.05) is 5.02 Å². The molecule has 0 bridgehead atoms. The van der Waals surface area contributed by atoms with Crippen molar-refractivity contribution in [2.75, 3.05) is 6.61 Å². The van der Waals surface area contributed by atoms with Crippen LogP contribution in [0.15, 0.2) is 18.2 Å². The summed E-state index contributed by atoms with van der Waals surface area (Å²) < 4.78 is 10.1. The van der Waals surface area contributed by atoms with E-state index in [1.165, 1.54) is 0 Å². The van der Waals surface area contributed by atoms with Gasteiger partial charge in [0.25, 0.3) is 0 Å². The van der Waals surface area contributed by atoms with E-state index in [-0.39, 0.29) is 31.3 Å². The Kier molecular flexibility index (Phi) is 7.23. The molecule has 1 rings (SSSR count). The maximum atomic E-state index is 11.6. The number of rotatable bonds is 7. The van der Waals surface area contributed by atoms with Crippen LogP contribution in [0.2, 0.25) is 5.02 Å². The molecule has 0 amide bonds. The van der Waals surface area contributed by atoms with Crippen molar-refractivity contribution in [2.45, 2.75) is 40.2 Å². The molecule has 21 heavy (non-hydrogen) atoms. The molecule has 0 aromatic heterocycles. The molecule has 0 saturated carbocycles. The Morgan fingerprint density at radius 3 is 2.33 bits per heavy atom. The lowest BCUT2D eigenvalue weighted by atomic mass is 10.1. The lowest BCUT2D eigenvalue weighted by molar-refractivity contribution is -0.151. The number of halogens is 1. The Morgan fingerprint density at radius 2 is 1.76 bits per heavy atom. The van der Waals surface area contributed by atoms with Crippen LogP contribution >= 0.6 is 11.6 Å². The van der Waals surface area contributed by atoms with Gasteiger partial charge >= 0.3 is 11.9 Å². The van der Waals surface area contributed by atoms with Gasteiger partial charge < -0.3 is 9.47 Å². The van der Waals surface area contributed by atoms with Crippen LogP contribution in [-0.4, -0.2) is 18.5 Å². The first-order valence-corrected chi connectivity index (χ1v) is 7.32. The highest BCUT2D eigenvalue weighted by atomic mass is 35.5. The molecule has 0 spiro atoms. The first-order chi connectivity index (χ1) is 9.88. The highest BCUT2D eigenvalue weighted by Crippen LogP contribution is 2.16. The van der Waals surface area contributed by atoms with Crippen LogP contribution in [0.25, 0.3) is 0 Å². The molecule has 0 radical (unpaired) electrons. The molecule has 5 heteroatoms. The van der Waals surface area contributed by atoms with Crippen LogP contribution in [0, 0.1) is 12.8 Å². The molecule has 0 atom stereocenters. The number of carbonyl (C=O) groups is 2. The zero-order chi connectivity index (χ0) is 15.8. The van der Waals surface area contributed by atoms with E-state index in [9.17, 15) is 9.59 Å². The summed E-state index contributed by atoms with van der Waals surface area (Å²) in [5.41, 5.74) is 1.86. The zero-order valence-electron chi connectivity index (χ0n) is 12.6. The summed E-state index contributed by atoms with van der Waals surface area (Å²) in [5, 5.41) is 0.649. The molecule has 116 valence electrons. The predicted molar refractivity (Wildman–Crippen MR) is 81.0 cm³/mol. The Labute approximate surface area is 130 Å². The van der Waals surface area contributed by atoms with Gasteiger partial charge in [-0.3, -0.25) is 9.59 Å². The third-order valence-corrected chi connectivity index (χ3v) is 3.04. The molecule has 1 aromatic carbocycles. The fourth-order valence-electron chi connectivity index (χ4n) is 1.59. The fraction of sp³-hybridized carbons (Fsp3) is 0.500. The molecule has 1 aromatic rings. The maximum absolute atomic E-state index is 11.6. The average Bonchev–Trinajstić information content (AvgIpc) is 2.41. The standard InChI is InChI=1S/C16H21ClO4/c1-11(2)9-20-15(18)6-7-16(19)21-10-13-4-5-14(17)8-12(13)3/h4-5,8,11H,6-7,9-10H2,1-3H3. The Morgan fingerprint density at radius 1 is 1.14 bits per heavy atom. The van der Waals surface area contributed by atoms with Crippen LogP contribution < -0.4 is 0 Å². The summed E-state index contributed by atoms with van der Waals surface area (Å²) in [6.07, 6.45) is 0.0781. The molecule has 0 aliphatic rings. The van der Waals surface area contributed by atoms with Gasteiger partial charge in [-0.2, -0.15) is 0 Å². The van der Waals surface area contributed by atoms with Gasteiger partial charge in [-0.15, -0.1) is 0 Å². The van der Waals surface area contributed by atoms with Crippen LogP contribution in [-0.2, 0) is 25.7 Å². The Hall–Kier alpha value is -1.55. The minimum Gasteiger partial charge on any atom is -0.465 e. The smallest absolute Gasteiger partial charge is 0.306 e. The molecule has 0 unspecified atom stereocenters. The number of benzene rings is 1. The van der Waals surface area contributed by atoms with Crippen LogP contribution in [0.4, 0.5) is 0 Å². The third kappa shape index (κ3) is 7.14. The first kappa shape index (κ1) is 17.5. The molecule has 0 N–H and O–H groups in total. The summed E-state index contributed by atoms with van der Waals surface area (Å²) in [6, 6.07) is 5.39. The van der Waals surface area contributed by atoms with Gasteiger partial charge in [0.1, 0.15) is 6.61 Å². The summed E-state index contributed by atoms with van der Waals surface area (Å²) in [5.74, 6) is -0.497. The second kappa shape index (κ2) is 8.67. The van der Waals surface area contributed by atoms with Crippen molar-refractivity contribution in [3.05, 3.63) is 34.3 Å². The van der Waals surface area contributed by atoms with Gasteiger partial charge in [0.15, 0.2) is 0 Å². The van der Waals surface area contributed by atoms with Gasteiger partial charge in [0.2, 0.25) is 0 Å². The third-order valence-electron chi connectivity index (χ3n) is 2.80. The molecule has 0 fully saturated rings. The molecule has 0 heterocycles. The number of hydrogen-bond acceptors (Lipinski definition) is 4. The predicted octanol–water partition coefficient (Wildman–Crippen LogP) is 3.67. The second-order valence-electron chi connectivity index (χ2n) is 5.31. The summed E-state index contributed by atoms with van der Waals surface area (Å²) in [4.78, 5) is 23.0. The van der Waals surface area contributed by atoms with Crippen molar-refractivity contribution in [1.29, 1.82) is 0 Å². The minimum absolute atomic E-state index is 0.0313. The Bertz CT molecular complexity index is 497. The number of esters is 2. The molecule has 0 saturated heterocycles. The lowest BCUT2D eigenvalue weighted by Gasteiger charge is -2.09. The molecule has 4 nitrogen and oxygen atoms in total. The highest BCUT2D eigenvalue weighted by Gasteiger charge is 2.10. The number of hydrogen-bond donors (Lipinski definition) is 0. The van der Waals surface area contributed by atoms with E-state index < -0.39 is 5.97 Å². The topological polar surface area (TPSA) is 52.6 Å². The first-order valence-electron chi connectivity index (χ1n) is 6.94. The average molecular weight is 313 g/mol. The SMILES string of the molecule is Cc1cc(Cl)ccc1COC(=O)CCC(=O)OCC(C)C. The normalized spacial score (nSPS) is 10.5. The summed E-state index contributed by atoms with van der Waals surface area (Å²) >= 11 is 5.86. The zero-order valence-corrected chi connectivity index (χ0v) is 13.4. The van der Waals surface area contributed by atoms with E-state index in [0.717, 1.165) is 11.1 Å². The van der Waals surface area contributed by atoms with Crippen molar-refractivity contribution in [1.82, 2.24) is 0 Å². The summed E-state index contributed by atoms with van der Waals surface area (Å²) in [6.45, 7) is 6.37. The van der Waals surface area contributed by atoms with Gasteiger partial charge in [-0.05, 0) is 36.1 Å². The van der Waals surface area contributed by atoms with Crippen molar-refractivity contribution in [3.8, 4) is 0 Å². The maximum Gasteiger partial charge on any atom is 0.306 e.